The molecule has 2 aromatic rings. The minimum absolute atomic E-state index is 0.0453. The van der Waals surface area contributed by atoms with E-state index in [-0.39, 0.29) is 31.1 Å². The molecule has 154 valence electrons. The van der Waals surface area contributed by atoms with Crippen molar-refractivity contribution < 1.29 is 23.2 Å². The van der Waals surface area contributed by atoms with Crippen molar-refractivity contribution in [3.63, 3.8) is 0 Å². The number of aliphatic hydroxyl groups is 1. The summed E-state index contributed by atoms with van der Waals surface area (Å²) >= 11 is 0.903. The summed E-state index contributed by atoms with van der Waals surface area (Å²) in [6.45, 7) is -0.201. The fourth-order valence-corrected chi connectivity index (χ4v) is 3.15. The lowest BCUT2D eigenvalue weighted by atomic mass is 10.1. The van der Waals surface area contributed by atoms with Gasteiger partial charge in [0.1, 0.15) is 32.1 Å². The van der Waals surface area contributed by atoms with E-state index in [0.717, 1.165) is 16.6 Å². The molecule has 0 spiro atoms. The van der Waals surface area contributed by atoms with Gasteiger partial charge in [0.15, 0.2) is 0 Å². The Hall–Kier alpha value is -2.21. The fraction of sp³-hybridized carbons (Fsp3) is 0.389. The Labute approximate surface area is 174 Å². The van der Waals surface area contributed by atoms with Gasteiger partial charge in [0.05, 0.1) is 13.2 Å². The Bertz CT molecular complexity index is 953. The molecule has 2 heterocycles. The monoisotopic (exact) mass is 424 g/mol. The number of anilines is 1. The first kappa shape index (κ1) is 18.8. The van der Waals surface area contributed by atoms with Crippen LogP contribution in [-0.2, 0) is 15.5 Å². The molecule has 1 aliphatic heterocycles. The normalized spacial score (nSPS) is 22.1. The zero-order valence-electron chi connectivity index (χ0n) is 17.4. The lowest BCUT2D eigenvalue weighted by Gasteiger charge is -2.15. The van der Waals surface area contributed by atoms with Crippen molar-refractivity contribution >= 4 is 31.5 Å². The van der Waals surface area contributed by atoms with Crippen LogP contribution >= 0.6 is 12.0 Å². The van der Waals surface area contributed by atoms with Gasteiger partial charge in [0.2, 0.25) is 0 Å². The van der Waals surface area contributed by atoms with Crippen LogP contribution in [0.3, 0.4) is 0 Å². The summed E-state index contributed by atoms with van der Waals surface area (Å²) in [5, 5.41) is 11.6. The van der Waals surface area contributed by atoms with E-state index in [4.69, 9.17) is 16.7 Å². The number of benzene rings is 1. The van der Waals surface area contributed by atoms with Crippen LogP contribution in [-0.4, -0.2) is 55.5 Å². The third-order valence-corrected chi connectivity index (χ3v) is 4.77. The quantitative estimate of drug-likeness (QED) is 0.350. The van der Waals surface area contributed by atoms with Gasteiger partial charge in [0, 0.05) is 18.2 Å². The number of hydrogen-bond acceptors (Lipinski definition) is 7. The summed E-state index contributed by atoms with van der Waals surface area (Å²) in [6, 6.07) is 7.74. The fourth-order valence-electron chi connectivity index (χ4n) is 2.82. The third kappa shape index (κ3) is 5.44. The summed E-state index contributed by atoms with van der Waals surface area (Å²) in [4.78, 5) is 28.5. The largest absolute Gasteiger partial charge is 0.392 e. The number of aromatic nitrogens is 2. The number of ether oxygens (including phenoxy) is 1. The molecule has 0 radical (unpaired) electrons. The van der Waals surface area contributed by atoms with E-state index in [2.05, 4.69) is 10.3 Å². The van der Waals surface area contributed by atoms with Crippen molar-refractivity contribution in [3.05, 3.63) is 58.1 Å². The highest BCUT2D eigenvalue weighted by molar-refractivity contribution is 7.95. The lowest BCUT2D eigenvalue weighted by molar-refractivity contribution is -0.0275. The average Bonchev–Trinajstić information content (AvgIpc) is 3.11. The Balaban J connectivity index is 1.59. The predicted molar refractivity (Wildman–Crippen MR) is 109 cm³/mol. The molecule has 1 aromatic carbocycles. The van der Waals surface area contributed by atoms with E-state index in [1.165, 1.54) is 12.3 Å². The Morgan fingerprint density at radius 2 is 2.34 bits per heavy atom. The molecule has 1 aliphatic rings. The van der Waals surface area contributed by atoms with Gasteiger partial charge >= 0.3 is 5.69 Å². The van der Waals surface area contributed by atoms with Crippen LogP contribution in [0.2, 0.25) is 0 Å². The summed E-state index contributed by atoms with van der Waals surface area (Å²) in [6.07, 6.45) is -1.76. The standard InChI is InChI=1S/C18H21BFN3O5S/c19-10-29-27-9-14-13(20)7-16(28-14)23-6-5-15(22-18(23)26)21-17(25)12-3-1-11(8-24)2-4-12/h1-6,13-14,16,24H,7-10,19H2,(H,21,22,25,26)/t13-,14+,16+/m0/s1/i19TD. The van der Waals surface area contributed by atoms with Crippen molar-refractivity contribution in [3.8, 4) is 0 Å². The predicted octanol–water partition coefficient (Wildman–Crippen LogP) is 0.869. The first-order valence-electron chi connectivity index (χ1n) is 10.0. The van der Waals surface area contributed by atoms with Gasteiger partial charge in [-0.15, -0.1) is 0 Å². The van der Waals surface area contributed by atoms with Gasteiger partial charge in [-0.05, 0) is 44.1 Å². The summed E-state index contributed by atoms with van der Waals surface area (Å²) in [7, 11) is -1.04. The first-order chi connectivity index (χ1) is 14.9. The second-order valence-corrected chi connectivity index (χ2v) is 7.07. The summed E-state index contributed by atoms with van der Waals surface area (Å²) in [5.41, 5.74) is 0.437. The number of aliphatic hydroxyl groups excluding tert-OH is 1. The van der Waals surface area contributed by atoms with Gasteiger partial charge in [-0.3, -0.25) is 9.36 Å². The smallest absolute Gasteiger partial charge is 0.351 e. The van der Waals surface area contributed by atoms with E-state index < -0.39 is 37.9 Å². The zero-order chi connectivity index (χ0) is 22.4. The molecule has 11 heteroatoms. The summed E-state index contributed by atoms with van der Waals surface area (Å²) < 4.78 is 40.3. The molecule has 1 aromatic heterocycles. The average molecular weight is 424 g/mol. The van der Waals surface area contributed by atoms with Crippen LogP contribution in [0.15, 0.2) is 41.3 Å². The number of rotatable bonds is 9. The molecule has 29 heavy (non-hydrogen) atoms. The number of alkyl halides is 1. The Morgan fingerprint density at radius 3 is 3.03 bits per heavy atom. The van der Waals surface area contributed by atoms with Crippen molar-refractivity contribution in [1.82, 2.24) is 9.55 Å². The highest BCUT2D eigenvalue weighted by Gasteiger charge is 2.37. The van der Waals surface area contributed by atoms with Gasteiger partial charge in [-0.1, -0.05) is 12.1 Å². The van der Waals surface area contributed by atoms with E-state index in [1.54, 1.807) is 24.3 Å². The number of hydrogen-bond donors (Lipinski definition) is 2. The van der Waals surface area contributed by atoms with Crippen molar-refractivity contribution in [2.45, 2.75) is 31.5 Å². The van der Waals surface area contributed by atoms with Gasteiger partial charge in [-0.2, -0.15) is 4.98 Å². The van der Waals surface area contributed by atoms with Crippen molar-refractivity contribution in [2.24, 2.45) is 0 Å². The number of carbonyl (C=O) groups excluding carboxylic acids is 1. The van der Waals surface area contributed by atoms with E-state index in [1.807, 2.05) is 0 Å². The van der Waals surface area contributed by atoms with Crippen molar-refractivity contribution in [2.75, 3.05) is 17.6 Å². The number of nitrogens with zero attached hydrogens (tertiary/aromatic N) is 2. The maximum Gasteiger partial charge on any atom is 0.351 e. The van der Waals surface area contributed by atoms with Crippen molar-refractivity contribution in [1.29, 1.82) is 2.67 Å². The molecular formula is C18H21BFN3O5S. The van der Waals surface area contributed by atoms with E-state index >= 15 is 0 Å². The number of nitrogens with one attached hydrogen (secondary N) is 1. The molecule has 0 aliphatic carbocycles. The molecule has 3 rings (SSSR count). The maximum absolute atomic E-state index is 14.2. The second-order valence-electron chi connectivity index (χ2n) is 6.26. The Kier molecular flexibility index (Phi) is 6.49. The van der Waals surface area contributed by atoms with Crippen LogP contribution in [0.1, 0.15) is 28.6 Å². The highest BCUT2D eigenvalue weighted by atomic mass is 32.2. The SMILES string of the molecule is [2H]B([3H])CSOC[C@H]1O[C@@H](n2ccc(NC(=O)c3ccc(CO)cc3)nc2=O)C[C@@H]1F. The van der Waals surface area contributed by atoms with Gasteiger partial charge < -0.3 is 19.3 Å². The Morgan fingerprint density at radius 1 is 1.55 bits per heavy atom. The second kappa shape index (κ2) is 10.0. The topological polar surface area (TPSA) is 103 Å². The van der Waals surface area contributed by atoms with Gasteiger partial charge in [0.25, 0.3) is 5.91 Å². The molecule has 1 amide bonds. The van der Waals surface area contributed by atoms with Gasteiger partial charge in [-0.25, -0.2) is 9.18 Å². The zero-order valence-corrected chi connectivity index (χ0v) is 16.2. The third-order valence-electron chi connectivity index (χ3n) is 4.33. The number of amides is 1. The van der Waals surface area contributed by atoms with Crippen LogP contribution < -0.4 is 11.0 Å². The first-order valence-corrected chi connectivity index (χ1v) is 9.77. The molecule has 3 atom stereocenters. The molecule has 8 nitrogen and oxygen atoms in total. The molecular weight excluding hydrogens is 400 g/mol. The molecule has 1 fully saturated rings. The van der Waals surface area contributed by atoms with E-state index in [0.29, 0.717) is 11.1 Å². The minimum atomic E-state index is -1.35. The van der Waals surface area contributed by atoms with Crippen LogP contribution in [0.25, 0.3) is 0 Å². The molecule has 2 N–H and O–H groups in total. The molecule has 0 saturated carbocycles. The minimum Gasteiger partial charge on any atom is -0.392 e. The number of carbonyl (C=O) groups is 1. The lowest BCUT2D eigenvalue weighted by Crippen LogP contribution is -2.28. The van der Waals surface area contributed by atoms with Crippen LogP contribution in [0.4, 0.5) is 10.2 Å². The van der Waals surface area contributed by atoms with Crippen LogP contribution in [0, 0.1) is 0 Å². The maximum atomic E-state index is 14.2. The molecule has 0 unspecified atom stereocenters. The number of halogens is 1. The molecule has 0 bridgehead atoms. The highest BCUT2D eigenvalue weighted by Crippen LogP contribution is 2.30. The van der Waals surface area contributed by atoms with E-state index in [9.17, 15) is 14.0 Å². The summed E-state index contributed by atoms with van der Waals surface area (Å²) in [5.74, 6) is -0.420. The van der Waals surface area contributed by atoms with Crippen LogP contribution in [0.5, 0.6) is 0 Å². The molecule has 1 saturated heterocycles.